The average Bonchev–Trinajstić information content (AvgIpc) is 2.52. The summed E-state index contributed by atoms with van der Waals surface area (Å²) in [7, 11) is 0. The van der Waals surface area contributed by atoms with Gasteiger partial charge >= 0.3 is 6.03 Å². The Labute approximate surface area is 133 Å². The molecule has 1 aliphatic heterocycles. The maximum Gasteiger partial charge on any atom is 0.315 e. The Morgan fingerprint density at radius 2 is 1.73 bits per heavy atom. The molecule has 1 unspecified atom stereocenters. The number of likely N-dealkylation sites (tertiary alicyclic amines) is 1. The van der Waals surface area contributed by atoms with Crippen LogP contribution in [0.3, 0.4) is 0 Å². The number of rotatable bonds is 5. The first-order valence-electron chi connectivity index (χ1n) is 8.68. The summed E-state index contributed by atoms with van der Waals surface area (Å²) < 4.78 is 0. The quantitative estimate of drug-likeness (QED) is 0.669. The summed E-state index contributed by atoms with van der Waals surface area (Å²) in [4.78, 5) is 25.2. The van der Waals surface area contributed by atoms with E-state index in [0.717, 1.165) is 25.4 Å². The molecule has 1 atom stereocenters. The van der Waals surface area contributed by atoms with Crippen molar-refractivity contribution in [3.05, 3.63) is 0 Å². The second-order valence-electron chi connectivity index (χ2n) is 6.51. The number of urea groups is 1. The molecule has 2 fully saturated rings. The van der Waals surface area contributed by atoms with Crippen LogP contribution in [0.4, 0.5) is 4.79 Å². The summed E-state index contributed by atoms with van der Waals surface area (Å²) in [5.41, 5.74) is 0. The third-order valence-corrected chi connectivity index (χ3v) is 4.66. The summed E-state index contributed by atoms with van der Waals surface area (Å²) in [5.74, 6) is -0.0717. The summed E-state index contributed by atoms with van der Waals surface area (Å²) in [6, 6.07) is 0.846. The van der Waals surface area contributed by atoms with Gasteiger partial charge < -0.3 is 16.0 Å². The molecule has 3 N–H and O–H groups in total. The highest BCUT2D eigenvalue weighted by Crippen LogP contribution is 2.25. The molecule has 0 spiro atoms. The monoisotopic (exact) mass is 310 g/mol. The Kier molecular flexibility index (Phi) is 6.96. The van der Waals surface area contributed by atoms with Crippen LogP contribution in [0.1, 0.15) is 51.9 Å². The number of nitrogens with one attached hydrogen (secondary N) is 3. The molecule has 6 heteroatoms. The van der Waals surface area contributed by atoms with Crippen molar-refractivity contribution in [2.24, 2.45) is 0 Å². The Morgan fingerprint density at radius 3 is 2.45 bits per heavy atom. The maximum atomic E-state index is 11.9. The van der Waals surface area contributed by atoms with Crippen LogP contribution in [0.25, 0.3) is 0 Å². The molecule has 3 amide bonds. The first kappa shape index (κ1) is 17.1. The van der Waals surface area contributed by atoms with E-state index in [-0.39, 0.29) is 18.0 Å². The molecule has 1 saturated carbocycles. The van der Waals surface area contributed by atoms with Crippen molar-refractivity contribution in [1.82, 2.24) is 20.9 Å². The fourth-order valence-electron chi connectivity index (χ4n) is 3.55. The van der Waals surface area contributed by atoms with E-state index in [2.05, 4.69) is 20.9 Å². The number of carbonyl (C=O) groups is 2. The van der Waals surface area contributed by atoms with Gasteiger partial charge in [0.15, 0.2) is 0 Å². The van der Waals surface area contributed by atoms with Crippen molar-refractivity contribution >= 4 is 11.9 Å². The second-order valence-corrected chi connectivity index (χ2v) is 6.51. The van der Waals surface area contributed by atoms with Crippen LogP contribution in [0.5, 0.6) is 0 Å². The van der Waals surface area contributed by atoms with Crippen LogP contribution in [-0.4, -0.2) is 55.1 Å². The lowest BCUT2D eigenvalue weighted by Gasteiger charge is -2.40. The molecule has 1 heterocycles. The van der Waals surface area contributed by atoms with Crippen LogP contribution in [0, 0.1) is 0 Å². The Hall–Kier alpha value is -1.30. The lowest BCUT2D eigenvalue weighted by atomic mass is 9.92. The summed E-state index contributed by atoms with van der Waals surface area (Å²) in [6.07, 6.45) is 8.93. The Bertz CT molecular complexity index is 369. The van der Waals surface area contributed by atoms with Gasteiger partial charge in [-0.25, -0.2) is 4.79 Å². The highest BCUT2D eigenvalue weighted by molar-refractivity contribution is 5.74. The van der Waals surface area contributed by atoms with Crippen LogP contribution < -0.4 is 16.0 Å². The SMILES string of the molecule is CC(=O)NCCNC(=O)NC1CCCN(C2CCCCC2)C1. The first-order chi connectivity index (χ1) is 10.6. The van der Waals surface area contributed by atoms with Gasteiger partial charge in [0.1, 0.15) is 0 Å². The van der Waals surface area contributed by atoms with Crippen molar-refractivity contribution in [2.45, 2.75) is 64.0 Å². The molecule has 6 nitrogen and oxygen atoms in total. The molecule has 0 aromatic carbocycles. The predicted molar refractivity (Wildman–Crippen MR) is 86.7 cm³/mol. The van der Waals surface area contributed by atoms with Crippen molar-refractivity contribution in [3.63, 3.8) is 0 Å². The number of amides is 3. The van der Waals surface area contributed by atoms with Crippen molar-refractivity contribution in [2.75, 3.05) is 26.2 Å². The topological polar surface area (TPSA) is 73.5 Å². The number of nitrogens with zero attached hydrogens (tertiary/aromatic N) is 1. The fourth-order valence-corrected chi connectivity index (χ4v) is 3.55. The number of hydrogen-bond acceptors (Lipinski definition) is 3. The normalized spacial score (nSPS) is 23.8. The zero-order valence-corrected chi connectivity index (χ0v) is 13.7. The van der Waals surface area contributed by atoms with Gasteiger partial charge in [-0.15, -0.1) is 0 Å². The van der Waals surface area contributed by atoms with Crippen LogP contribution in [-0.2, 0) is 4.79 Å². The van der Waals surface area contributed by atoms with Crippen LogP contribution >= 0.6 is 0 Å². The van der Waals surface area contributed by atoms with E-state index in [9.17, 15) is 9.59 Å². The Balaban J connectivity index is 1.66. The van der Waals surface area contributed by atoms with Crippen molar-refractivity contribution in [1.29, 1.82) is 0 Å². The van der Waals surface area contributed by atoms with E-state index in [1.807, 2.05) is 0 Å². The zero-order chi connectivity index (χ0) is 15.8. The lowest BCUT2D eigenvalue weighted by Crippen LogP contribution is -2.53. The van der Waals surface area contributed by atoms with E-state index in [1.165, 1.54) is 45.6 Å². The second kappa shape index (κ2) is 8.98. The van der Waals surface area contributed by atoms with Gasteiger partial charge in [0, 0.05) is 38.6 Å². The highest BCUT2D eigenvalue weighted by Gasteiger charge is 2.27. The maximum absolute atomic E-state index is 11.9. The molecule has 1 aliphatic carbocycles. The number of piperidine rings is 1. The van der Waals surface area contributed by atoms with Gasteiger partial charge in [-0.05, 0) is 32.2 Å². The molecule has 0 bridgehead atoms. The minimum absolute atomic E-state index is 0.0717. The number of carbonyl (C=O) groups excluding carboxylic acids is 2. The van der Waals surface area contributed by atoms with E-state index in [1.54, 1.807) is 0 Å². The molecule has 0 aromatic heterocycles. The largest absolute Gasteiger partial charge is 0.355 e. The molecular formula is C16H30N4O2. The third-order valence-electron chi connectivity index (χ3n) is 4.66. The van der Waals surface area contributed by atoms with Gasteiger partial charge in [0.25, 0.3) is 0 Å². The molecule has 126 valence electrons. The predicted octanol–water partition coefficient (Wildman–Crippen LogP) is 1.22. The minimum atomic E-state index is -0.124. The lowest BCUT2D eigenvalue weighted by molar-refractivity contribution is -0.118. The van der Waals surface area contributed by atoms with Crippen molar-refractivity contribution < 1.29 is 9.59 Å². The van der Waals surface area contributed by atoms with Gasteiger partial charge in [-0.2, -0.15) is 0 Å². The van der Waals surface area contributed by atoms with Crippen molar-refractivity contribution in [3.8, 4) is 0 Å². The fraction of sp³-hybridized carbons (Fsp3) is 0.875. The van der Waals surface area contributed by atoms with Gasteiger partial charge in [-0.1, -0.05) is 19.3 Å². The van der Waals surface area contributed by atoms with E-state index >= 15 is 0 Å². The molecule has 0 aromatic rings. The summed E-state index contributed by atoms with van der Waals surface area (Å²) in [5, 5.41) is 8.53. The summed E-state index contributed by atoms with van der Waals surface area (Å²) in [6.45, 7) is 4.56. The summed E-state index contributed by atoms with van der Waals surface area (Å²) >= 11 is 0. The first-order valence-corrected chi connectivity index (χ1v) is 8.68. The van der Waals surface area contributed by atoms with E-state index in [0.29, 0.717) is 13.1 Å². The highest BCUT2D eigenvalue weighted by atomic mass is 16.2. The zero-order valence-electron chi connectivity index (χ0n) is 13.7. The standard InChI is InChI=1S/C16H30N4O2/c1-13(21)17-9-10-18-16(22)19-14-6-5-11-20(12-14)15-7-3-2-4-8-15/h14-15H,2-12H2,1H3,(H,17,21)(H2,18,19,22). The van der Waals surface area contributed by atoms with Crippen LogP contribution in [0.2, 0.25) is 0 Å². The molecule has 0 radical (unpaired) electrons. The molecule has 22 heavy (non-hydrogen) atoms. The molecule has 2 rings (SSSR count). The third kappa shape index (κ3) is 5.83. The molecule has 1 saturated heterocycles. The smallest absolute Gasteiger partial charge is 0.315 e. The van der Waals surface area contributed by atoms with Gasteiger partial charge in [-0.3, -0.25) is 9.69 Å². The molecular weight excluding hydrogens is 280 g/mol. The number of hydrogen-bond donors (Lipinski definition) is 3. The van der Waals surface area contributed by atoms with Gasteiger partial charge in [0.2, 0.25) is 5.91 Å². The van der Waals surface area contributed by atoms with E-state index < -0.39 is 0 Å². The van der Waals surface area contributed by atoms with E-state index in [4.69, 9.17) is 0 Å². The Morgan fingerprint density at radius 1 is 1.00 bits per heavy atom. The van der Waals surface area contributed by atoms with Gasteiger partial charge in [0.05, 0.1) is 0 Å². The average molecular weight is 310 g/mol. The molecule has 2 aliphatic rings. The minimum Gasteiger partial charge on any atom is -0.355 e. The van der Waals surface area contributed by atoms with Crippen LogP contribution in [0.15, 0.2) is 0 Å².